The second-order valence-corrected chi connectivity index (χ2v) is 6.24. The normalized spacial score (nSPS) is 29.1. The maximum absolute atomic E-state index is 6.27. The van der Waals surface area contributed by atoms with Gasteiger partial charge in [-0.3, -0.25) is 0 Å². The lowest BCUT2D eigenvalue weighted by Gasteiger charge is -2.47. The fourth-order valence-electron chi connectivity index (χ4n) is 3.53. The highest BCUT2D eigenvalue weighted by molar-refractivity contribution is 5.47. The molecular weight excluding hydrogens is 224 g/mol. The van der Waals surface area contributed by atoms with Crippen LogP contribution >= 0.6 is 0 Å². The van der Waals surface area contributed by atoms with Crippen molar-refractivity contribution >= 4 is 0 Å². The zero-order valence-corrected chi connectivity index (χ0v) is 11.7. The number of ether oxygens (including phenoxy) is 2. The molecule has 0 bridgehead atoms. The van der Waals surface area contributed by atoms with Gasteiger partial charge in [-0.25, -0.2) is 0 Å². The summed E-state index contributed by atoms with van der Waals surface area (Å²) in [5.41, 5.74) is 3.72. The number of fused-ring (bicyclic) bond motifs is 3. The Kier molecular flexibility index (Phi) is 2.67. The van der Waals surface area contributed by atoms with E-state index in [4.69, 9.17) is 9.47 Å². The lowest BCUT2D eigenvalue weighted by atomic mass is 9.75. The lowest BCUT2D eigenvalue weighted by molar-refractivity contribution is -0.117. The van der Waals surface area contributed by atoms with E-state index < -0.39 is 0 Å². The van der Waals surface area contributed by atoms with Gasteiger partial charge in [0.05, 0.1) is 6.10 Å². The van der Waals surface area contributed by atoms with Crippen LogP contribution in [0.3, 0.4) is 0 Å². The quantitative estimate of drug-likeness (QED) is 0.690. The maximum Gasteiger partial charge on any atom is 0.126 e. The van der Waals surface area contributed by atoms with Gasteiger partial charge in [0, 0.05) is 18.1 Å². The van der Waals surface area contributed by atoms with E-state index in [9.17, 15) is 0 Å². The second-order valence-electron chi connectivity index (χ2n) is 6.24. The third-order valence-electron chi connectivity index (χ3n) is 4.37. The molecule has 0 N–H and O–H groups in total. The highest BCUT2D eigenvalue weighted by atomic mass is 16.5. The topological polar surface area (TPSA) is 18.5 Å². The summed E-state index contributed by atoms with van der Waals surface area (Å²) < 4.78 is 12.4. The molecule has 1 fully saturated rings. The van der Waals surface area contributed by atoms with Crippen LogP contribution in [0.4, 0.5) is 0 Å². The molecule has 1 aromatic rings. The summed E-state index contributed by atoms with van der Waals surface area (Å²) in [7, 11) is 0. The Labute approximate surface area is 109 Å². The fraction of sp³-hybridized carbons (Fsp3) is 0.625. The van der Waals surface area contributed by atoms with E-state index in [1.807, 2.05) is 0 Å². The minimum absolute atomic E-state index is 0.127. The van der Waals surface area contributed by atoms with Crippen molar-refractivity contribution in [3.05, 3.63) is 28.8 Å². The van der Waals surface area contributed by atoms with Gasteiger partial charge in [0.1, 0.15) is 11.4 Å². The highest BCUT2D eigenvalue weighted by Crippen LogP contribution is 2.50. The van der Waals surface area contributed by atoms with Gasteiger partial charge >= 0.3 is 0 Å². The highest BCUT2D eigenvalue weighted by Gasteiger charge is 2.46. The summed E-state index contributed by atoms with van der Waals surface area (Å²) in [6.45, 7) is 9.56. The van der Waals surface area contributed by atoms with Crippen molar-refractivity contribution in [2.24, 2.45) is 5.92 Å². The molecule has 2 heterocycles. The van der Waals surface area contributed by atoms with Crippen molar-refractivity contribution < 1.29 is 9.47 Å². The molecule has 1 aromatic carbocycles. The molecule has 0 spiro atoms. The van der Waals surface area contributed by atoms with Crippen molar-refractivity contribution in [2.45, 2.75) is 52.2 Å². The standard InChI is InChI=1S/C16H22O2/c1-10-8-11(2)14-13(9-10)18-16(3,4)12-6-5-7-17-15(12)14/h8-9,12,15H,5-7H2,1-4H3/t12-,15-/m1/s1. The summed E-state index contributed by atoms with van der Waals surface area (Å²) in [5, 5.41) is 0. The first-order valence-electron chi connectivity index (χ1n) is 6.91. The predicted molar refractivity (Wildman–Crippen MR) is 72.0 cm³/mol. The first kappa shape index (κ1) is 12.0. The molecule has 2 nitrogen and oxygen atoms in total. The molecule has 2 heteroatoms. The van der Waals surface area contributed by atoms with Gasteiger partial charge in [-0.05, 0) is 57.7 Å². The molecule has 0 saturated carbocycles. The zero-order chi connectivity index (χ0) is 12.9. The minimum Gasteiger partial charge on any atom is -0.487 e. The molecule has 3 rings (SSSR count). The zero-order valence-electron chi connectivity index (χ0n) is 11.7. The van der Waals surface area contributed by atoms with E-state index in [1.165, 1.54) is 23.1 Å². The summed E-state index contributed by atoms with van der Waals surface area (Å²) in [5.74, 6) is 1.50. The van der Waals surface area contributed by atoms with Gasteiger partial charge in [0.15, 0.2) is 0 Å². The SMILES string of the molecule is Cc1cc(C)c2c(c1)OC(C)(C)[C@@H]1CCCO[C@@H]21. The molecule has 0 radical (unpaired) electrons. The molecule has 1 saturated heterocycles. The van der Waals surface area contributed by atoms with Gasteiger partial charge in [-0.2, -0.15) is 0 Å². The Hall–Kier alpha value is -1.02. The van der Waals surface area contributed by atoms with Gasteiger partial charge in [0.25, 0.3) is 0 Å². The van der Waals surface area contributed by atoms with E-state index in [-0.39, 0.29) is 11.7 Å². The number of hydrogen-bond donors (Lipinski definition) is 0. The van der Waals surface area contributed by atoms with Crippen LogP contribution in [0.1, 0.15) is 49.5 Å². The van der Waals surface area contributed by atoms with Crippen molar-refractivity contribution in [3.8, 4) is 5.75 Å². The van der Waals surface area contributed by atoms with E-state index in [1.54, 1.807) is 0 Å². The van der Waals surface area contributed by atoms with E-state index in [0.717, 1.165) is 18.8 Å². The maximum atomic E-state index is 6.27. The predicted octanol–water partition coefficient (Wildman–Crippen LogP) is 3.94. The van der Waals surface area contributed by atoms with Crippen molar-refractivity contribution in [3.63, 3.8) is 0 Å². The van der Waals surface area contributed by atoms with Crippen LogP contribution in [-0.2, 0) is 4.74 Å². The molecule has 0 amide bonds. The summed E-state index contributed by atoms with van der Waals surface area (Å²) >= 11 is 0. The molecule has 0 unspecified atom stereocenters. The number of benzene rings is 1. The average Bonchev–Trinajstić information content (AvgIpc) is 2.27. The van der Waals surface area contributed by atoms with Crippen LogP contribution in [0.2, 0.25) is 0 Å². The Morgan fingerprint density at radius 1 is 1.22 bits per heavy atom. The Morgan fingerprint density at radius 2 is 2.00 bits per heavy atom. The fourth-order valence-corrected chi connectivity index (χ4v) is 3.53. The lowest BCUT2D eigenvalue weighted by Crippen LogP contribution is -2.47. The third kappa shape index (κ3) is 1.74. The van der Waals surface area contributed by atoms with E-state index >= 15 is 0 Å². The van der Waals surface area contributed by atoms with Crippen LogP contribution < -0.4 is 4.74 Å². The summed E-state index contributed by atoms with van der Waals surface area (Å²) in [6.07, 6.45) is 2.57. The molecule has 2 aliphatic rings. The molecular formula is C16H22O2. The van der Waals surface area contributed by atoms with Gasteiger partial charge in [-0.1, -0.05) is 6.07 Å². The molecule has 2 aliphatic heterocycles. The molecule has 2 atom stereocenters. The molecule has 0 aliphatic carbocycles. The molecule has 98 valence electrons. The van der Waals surface area contributed by atoms with Crippen molar-refractivity contribution in [2.75, 3.05) is 6.61 Å². The van der Waals surface area contributed by atoms with Crippen LogP contribution in [0.25, 0.3) is 0 Å². The monoisotopic (exact) mass is 246 g/mol. The second kappa shape index (κ2) is 3.99. The van der Waals surface area contributed by atoms with E-state index in [0.29, 0.717) is 5.92 Å². The minimum atomic E-state index is -0.127. The Morgan fingerprint density at radius 3 is 2.78 bits per heavy atom. The van der Waals surface area contributed by atoms with Gasteiger partial charge in [-0.15, -0.1) is 0 Å². The average molecular weight is 246 g/mol. The van der Waals surface area contributed by atoms with Crippen molar-refractivity contribution in [1.29, 1.82) is 0 Å². The number of aryl methyl sites for hydroxylation is 2. The van der Waals surface area contributed by atoms with Crippen LogP contribution in [0.15, 0.2) is 12.1 Å². The first-order valence-corrected chi connectivity index (χ1v) is 6.91. The number of rotatable bonds is 0. The largest absolute Gasteiger partial charge is 0.487 e. The molecule has 0 aromatic heterocycles. The smallest absolute Gasteiger partial charge is 0.126 e. The third-order valence-corrected chi connectivity index (χ3v) is 4.37. The Bertz CT molecular complexity index is 476. The summed E-state index contributed by atoms with van der Waals surface area (Å²) in [6, 6.07) is 4.38. The van der Waals surface area contributed by atoms with Gasteiger partial charge < -0.3 is 9.47 Å². The van der Waals surface area contributed by atoms with Crippen LogP contribution in [0.5, 0.6) is 5.75 Å². The van der Waals surface area contributed by atoms with Crippen molar-refractivity contribution in [1.82, 2.24) is 0 Å². The van der Waals surface area contributed by atoms with Gasteiger partial charge in [0.2, 0.25) is 0 Å². The Balaban J connectivity index is 2.14. The number of hydrogen-bond acceptors (Lipinski definition) is 2. The summed E-state index contributed by atoms with van der Waals surface area (Å²) in [4.78, 5) is 0. The van der Waals surface area contributed by atoms with Crippen LogP contribution in [-0.4, -0.2) is 12.2 Å². The van der Waals surface area contributed by atoms with E-state index in [2.05, 4.69) is 39.8 Å². The van der Waals surface area contributed by atoms with Crippen LogP contribution in [0, 0.1) is 19.8 Å². The molecule has 18 heavy (non-hydrogen) atoms. The first-order chi connectivity index (χ1) is 8.49.